The largest absolute Gasteiger partial charge is 0.360 e. The molecule has 124 valence electrons. The number of amides is 1. The molecule has 6 nitrogen and oxygen atoms in total. The van der Waals surface area contributed by atoms with Crippen LogP contribution in [0, 0.1) is 0 Å². The maximum Gasteiger partial charge on any atom is 0.256 e. The molecule has 6 heteroatoms. The van der Waals surface area contributed by atoms with Crippen LogP contribution in [0.4, 0.5) is 0 Å². The normalized spacial score (nSPS) is 11.0. The number of carbonyl (C=O) groups is 1. The number of pyridine rings is 1. The van der Waals surface area contributed by atoms with Gasteiger partial charge in [0.05, 0.1) is 11.7 Å². The molecule has 0 aliphatic carbocycles. The number of benzene rings is 2. The molecule has 1 amide bonds. The molecule has 2 heterocycles. The van der Waals surface area contributed by atoms with E-state index in [1.54, 1.807) is 18.3 Å². The van der Waals surface area contributed by atoms with E-state index in [1.807, 2.05) is 30.3 Å². The fraction of sp³-hybridized carbons (Fsp3) is 0.105. The maximum absolute atomic E-state index is 12.4. The summed E-state index contributed by atoms with van der Waals surface area (Å²) in [4.78, 5) is 27.7. The maximum atomic E-state index is 12.4. The van der Waals surface area contributed by atoms with Gasteiger partial charge in [-0.1, -0.05) is 24.3 Å². The minimum atomic E-state index is -0.366. The molecule has 0 bridgehead atoms. The monoisotopic (exact) mass is 332 g/mol. The van der Waals surface area contributed by atoms with Gasteiger partial charge in [0.25, 0.3) is 5.91 Å². The molecule has 0 radical (unpaired) electrons. The zero-order chi connectivity index (χ0) is 17.2. The summed E-state index contributed by atoms with van der Waals surface area (Å²) in [6, 6.07) is 13.2. The highest BCUT2D eigenvalue weighted by atomic mass is 16.2. The van der Waals surface area contributed by atoms with Crippen molar-refractivity contribution in [1.29, 1.82) is 0 Å². The van der Waals surface area contributed by atoms with Gasteiger partial charge in [-0.3, -0.25) is 14.7 Å². The number of fused-ring (bicyclic) bond motifs is 2. The first kappa shape index (κ1) is 15.1. The minimum absolute atomic E-state index is 0.128. The average molecular weight is 332 g/mol. The van der Waals surface area contributed by atoms with Gasteiger partial charge in [0.2, 0.25) is 5.43 Å². The van der Waals surface area contributed by atoms with Crippen LogP contribution in [-0.4, -0.2) is 27.6 Å². The number of rotatable bonds is 4. The molecular formula is C19H16N4O2. The van der Waals surface area contributed by atoms with Crippen molar-refractivity contribution in [2.45, 2.75) is 6.42 Å². The molecule has 0 fully saturated rings. The summed E-state index contributed by atoms with van der Waals surface area (Å²) in [6.45, 7) is 0.449. The fourth-order valence-corrected chi connectivity index (χ4v) is 2.89. The van der Waals surface area contributed by atoms with E-state index >= 15 is 0 Å². The minimum Gasteiger partial charge on any atom is -0.360 e. The Balaban J connectivity index is 1.47. The van der Waals surface area contributed by atoms with E-state index in [-0.39, 0.29) is 16.9 Å². The third-order valence-electron chi connectivity index (χ3n) is 4.24. The molecule has 0 unspecified atom stereocenters. The molecule has 0 aliphatic rings. The lowest BCUT2D eigenvalue weighted by Gasteiger charge is -2.06. The third-order valence-corrected chi connectivity index (χ3v) is 4.24. The Morgan fingerprint density at radius 1 is 1.12 bits per heavy atom. The van der Waals surface area contributed by atoms with E-state index in [4.69, 9.17) is 0 Å². The Labute approximate surface area is 142 Å². The van der Waals surface area contributed by atoms with Crippen molar-refractivity contribution in [2.75, 3.05) is 6.54 Å². The number of nitrogens with zero attached hydrogens (tertiary/aromatic N) is 1. The van der Waals surface area contributed by atoms with Gasteiger partial charge in [-0.05, 0) is 30.2 Å². The molecule has 2 aromatic heterocycles. The highest BCUT2D eigenvalue weighted by molar-refractivity contribution is 5.97. The molecule has 0 atom stereocenters. The SMILES string of the molecule is O=C(NCCc1ccc2cn[nH]c2c1)c1c[nH]c2ccccc2c1=O. The second-order valence-electron chi connectivity index (χ2n) is 5.87. The third kappa shape index (κ3) is 2.89. The molecule has 0 spiro atoms. The van der Waals surface area contributed by atoms with Crippen molar-refractivity contribution in [3.05, 3.63) is 76.2 Å². The van der Waals surface area contributed by atoms with Crippen LogP contribution in [0.1, 0.15) is 15.9 Å². The first-order valence-corrected chi connectivity index (χ1v) is 8.03. The topological polar surface area (TPSA) is 90.6 Å². The molecule has 0 saturated carbocycles. The van der Waals surface area contributed by atoms with Crippen LogP contribution in [0.15, 0.2) is 59.7 Å². The molecular weight excluding hydrogens is 316 g/mol. The predicted molar refractivity (Wildman–Crippen MR) is 96.7 cm³/mol. The predicted octanol–water partition coefficient (Wildman–Crippen LogP) is 2.38. The first-order chi connectivity index (χ1) is 12.2. The quantitative estimate of drug-likeness (QED) is 0.536. The zero-order valence-electron chi connectivity index (χ0n) is 13.4. The Morgan fingerprint density at radius 3 is 2.92 bits per heavy atom. The Kier molecular flexibility index (Phi) is 3.78. The van der Waals surface area contributed by atoms with Crippen LogP contribution < -0.4 is 10.7 Å². The zero-order valence-corrected chi connectivity index (χ0v) is 13.4. The number of carbonyl (C=O) groups excluding carboxylic acids is 1. The van der Waals surface area contributed by atoms with E-state index in [9.17, 15) is 9.59 Å². The van der Waals surface area contributed by atoms with Gasteiger partial charge in [-0.15, -0.1) is 0 Å². The average Bonchev–Trinajstić information content (AvgIpc) is 3.10. The van der Waals surface area contributed by atoms with Gasteiger partial charge in [-0.25, -0.2) is 0 Å². The van der Waals surface area contributed by atoms with Gasteiger partial charge in [0.15, 0.2) is 0 Å². The molecule has 2 aromatic carbocycles. The van der Waals surface area contributed by atoms with Crippen molar-refractivity contribution in [3.8, 4) is 0 Å². The van der Waals surface area contributed by atoms with Gasteiger partial charge in [-0.2, -0.15) is 5.10 Å². The van der Waals surface area contributed by atoms with Crippen LogP contribution in [0.5, 0.6) is 0 Å². The number of para-hydroxylation sites is 1. The number of aromatic amines is 2. The van der Waals surface area contributed by atoms with Gasteiger partial charge in [0.1, 0.15) is 5.56 Å². The van der Waals surface area contributed by atoms with E-state index < -0.39 is 0 Å². The summed E-state index contributed by atoms with van der Waals surface area (Å²) < 4.78 is 0. The molecule has 4 aromatic rings. The summed E-state index contributed by atoms with van der Waals surface area (Å²) in [5, 5.41) is 11.3. The first-order valence-electron chi connectivity index (χ1n) is 8.03. The summed E-state index contributed by atoms with van der Waals surface area (Å²) in [7, 11) is 0. The van der Waals surface area contributed by atoms with E-state index in [1.165, 1.54) is 6.20 Å². The van der Waals surface area contributed by atoms with E-state index in [2.05, 4.69) is 20.5 Å². The van der Waals surface area contributed by atoms with Crippen molar-refractivity contribution < 1.29 is 4.79 Å². The van der Waals surface area contributed by atoms with Crippen LogP contribution in [0.25, 0.3) is 21.8 Å². The molecule has 0 aliphatic heterocycles. The van der Waals surface area contributed by atoms with Crippen LogP contribution in [0.2, 0.25) is 0 Å². The van der Waals surface area contributed by atoms with E-state index in [0.717, 1.165) is 22.0 Å². The smallest absolute Gasteiger partial charge is 0.256 e. The van der Waals surface area contributed by atoms with E-state index in [0.29, 0.717) is 18.4 Å². The Bertz CT molecular complexity index is 1130. The number of nitrogens with one attached hydrogen (secondary N) is 3. The second-order valence-corrected chi connectivity index (χ2v) is 5.87. The number of hydrogen-bond acceptors (Lipinski definition) is 3. The highest BCUT2D eigenvalue weighted by Gasteiger charge is 2.12. The number of H-pyrrole nitrogens is 2. The summed E-state index contributed by atoms with van der Waals surface area (Å²) in [5.41, 5.74) is 2.64. The molecule has 4 rings (SSSR count). The Hall–Kier alpha value is -3.41. The molecule has 0 saturated heterocycles. The lowest BCUT2D eigenvalue weighted by Crippen LogP contribution is -2.30. The summed E-state index contributed by atoms with van der Waals surface area (Å²) in [6.07, 6.45) is 3.91. The summed E-state index contributed by atoms with van der Waals surface area (Å²) in [5.74, 6) is -0.366. The number of hydrogen-bond donors (Lipinski definition) is 3. The Morgan fingerprint density at radius 2 is 2.00 bits per heavy atom. The van der Waals surface area contributed by atoms with Gasteiger partial charge < -0.3 is 10.3 Å². The van der Waals surface area contributed by atoms with Crippen molar-refractivity contribution in [2.24, 2.45) is 0 Å². The lowest BCUT2D eigenvalue weighted by molar-refractivity contribution is 0.0953. The van der Waals surface area contributed by atoms with Crippen LogP contribution in [-0.2, 0) is 6.42 Å². The van der Waals surface area contributed by atoms with Crippen molar-refractivity contribution >= 4 is 27.7 Å². The lowest BCUT2D eigenvalue weighted by atomic mass is 10.1. The molecule has 3 N–H and O–H groups in total. The fourth-order valence-electron chi connectivity index (χ4n) is 2.89. The van der Waals surface area contributed by atoms with Gasteiger partial charge >= 0.3 is 0 Å². The highest BCUT2D eigenvalue weighted by Crippen LogP contribution is 2.13. The van der Waals surface area contributed by atoms with Gasteiger partial charge in [0, 0.05) is 29.0 Å². The standard InChI is InChI=1S/C19H16N4O2/c24-18-14-3-1-2-4-16(14)21-11-15(18)19(25)20-8-7-12-5-6-13-10-22-23-17(13)9-12/h1-6,9-11H,7-8H2,(H,20,25)(H,21,24)(H,22,23). The number of aromatic nitrogens is 3. The van der Waals surface area contributed by atoms with Crippen LogP contribution >= 0.6 is 0 Å². The van der Waals surface area contributed by atoms with Crippen LogP contribution in [0.3, 0.4) is 0 Å². The molecule has 25 heavy (non-hydrogen) atoms. The summed E-state index contributed by atoms with van der Waals surface area (Å²) >= 11 is 0. The van der Waals surface area contributed by atoms with Crippen molar-refractivity contribution in [1.82, 2.24) is 20.5 Å². The second kappa shape index (κ2) is 6.24. The van der Waals surface area contributed by atoms with Crippen molar-refractivity contribution in [3.63, 3.8) is 0 Å².